The number of nitrogens with one attached hydrogen (secondary N) is 1. The van der Waals surface area contributed by atoms with E-state index in [2.05, 4.69) is 38.0 Å². The lowest BCUT2D eigenvalue weighted by atomic mass is 9.73. The summed E-state index contributed by atoms with van der Waals surface area (Å²) >= 11 is 3.20. The van der Waals surface area contributed by atoms with Gasteiger partial charge in [0.15, 0.2) is 0 Å². The molecule has 0 saturated carbocycles. The summed E-state index contributed by atoms with van der Waals surface area (Å²) in [6.45, 7) is 1.35. The normalized spacial score (nSPS) is 17.9. The fourth-order valence-corrected chi connectivity index (χ4v) is 2.96. The van der Waals surface area contributed by atoms with E-state index in [1.54, 1.807) is 6.20 Å². The molecule has 2 heterocycles. The molecule has 0 bridgehead atoms. The molecule has 4 nitrogen and oxygen atoms in total. The maximum atomic E-state index is 11.9. The maximum Gasteiger partial charge on any atom is 0.265 e. The van der Waals surface area contributed by atoms with Gasteiger partial charge in [0, 0.05) is 19.4 Å². The molecule has 0 atom stereocenters. The zero-order valence-corrected chi connectivity index (χ0v) is 12.5. The van der Waals surface area contributed by atoms with Crippen molar-refractivity contribution in [3.05, 3.63) is 62.7 Å². The van der Waals surface area contributed by atoms with Crippen molar-refractivity contribution in [2.75, 3.05) is 13.2 Å². The van der Waals surface area contributed by atoms with Crippen LogP contribution in [-0.4, -0.2) is 23.2 Å². The summed E-state index contributed by atoms with van der Waals surface area (Å²) in [6, 6.07) is 10.2. The molecular formula is C15H15BrN2O2. The van der Waals surface area contributed by atoms with Crippen LogP contribution in [0.5, 0.6) is 0 Å². The molecule has 1 aromatic carbocycles. The molecule has 0 amide bonds. The lowest BCUT2D eigenvalue weighted by molar-refractivity contribution is 0.0603. The predicted molar refractivity (Wildman–Crippen MR) is 79.8 cm³/mol. The van der Waals surface area contributed by atoms with Crippen molar-refractivity contribution in [3.63, 3.8) is 0 Å². The minimum atomic E-state index is -0.265. The van der Waals surface area contributed by atoms with Gasteiger partial charge in [-0.15, -0.1) is 0 Å². The smallest absolute Gasteiger partial charge is 0.265 e. The number of benzene rings is 1. The highest BCUT2D eigenvalue weighted by Crippen LogP contribution is 2.38. The van der Waals surface area contributed by atoms with Crippen LogP contribution in [0.25, 0.3) is 0 Å². The second-order valence-electron chi connectivity index (χ2n) is 4.97. The van der Waals surface area contributed by atoms with Crippen LogP contribution in [-0.2, 0) is 10.2 Å². The highest BCUT2D eigenvalue weighted by atomic mass is 79.9. The molecule has 0 unspecified atom stereocenters. The monoisotopic (exact) mass is 334 g/mol. The molecule has 1 aliphatic rings. The van der Waals surface area contributed by atoms with E-state index in [4.69, 9.17) is 4.74 Å². The first-order valence-electron chi connectivity index (χ1n) is 6.61. The largest absolute Gasteiger partial charge is 0.381 e. The van der Waals surface area contributed by atoms with Crippen LogP contribution < -0.4 is 5.56 Å². The molecule has 2 aromatic rings. The third-order valence-electron chi connectivity index (χ3n) is 3.88. The summed E-state index contributed by atoms with van der Waals surface area (Å²) in [6.07, 6.45) is 3.22. The maximum absolute atomic E-state index is 11.9. The average Bonchev–Trinajstić information content (AvgIpc) is 2.51. The van der Waals surface area contributed by atoms with E-state index in [0.29, 0.717) is 17.7 Å². The number of halogens is 1. The highest BCUT2D eigenvalue weighted by Gasteiger charge is 2.38. The van der Waals surface area contributed by atoms with Gasteiger partial charge in [-0.2, -0.15) is 0 Å². The van der Waals surface area contributed by atoms with Crippen LogP contribution in [0.15, 0.2) is 45.8 Å². The fourth-order valence-electron chi connectivity index (χ4n) is 2.76. The van der Waals surface area contributed by atoms with Gasteiger partial charge >= 0.3 is 0 Å². The Morgan fingerprint density at radius 1 is 1.20 bits per heavy atom. The standard InChI is InChI=1S/C15H15BrN2O2/c16-12-10-17-14(18-13(12)19)15(6-8-20-9-7-15)11-4-2-1-3-5-11/h1-5,10H,6-9H2,(H,17,18,19). The van der Waals surface area contributed by atoms with Crippen molar-refractivity contribution in [1.82, 2.24) is 9.97 Å². The van der Waals surface area contributed by atoms with Crippen molar-refractivity contribution >= 4 is 15.9 Å². The number of aromatic nitrogens is 2. The van der Waals surface area contributed by atoms with Gasteiger partial charge in [0.1, 0.15) is 10.3 Å². The van der Waals surface area contributed by atoms with Gasteiger partial charge in [0.05, 0.1) is 5.41 Å². The van der Waals surface area contributed by atoms with Crippen molar-refractivity contribution in [1.29, 1.82) is 0 Å². The van der Waals surface area contributed by atoms with Crippen LogP contribution in [0.1, 0.15) is 24.2 Å². The minimum absolute atomic E-state index is 0.142. The zero-order chi connectivity index (χ0) is 14.0. The Bertz CT molecular complexity index is 648. The summed E-state index contributed by atoms with van der Waals surface area (Å²) in [5.74, 6) is 0.722. The quantitative estimate of drug-likeness (QED) is 0.918. The van der Waals surface area contributed by atoms with Crippen molar-refractivity contribution in [3.8, 4) is 0 Å². The van der Waals surface area contributed by atoms with Crippen molar-refractivity contribution < 1.29 is 4.74 Å². The molecule has 1 saturated heterocycles. The molecule has 0 spiro atoms. The van der Waals surface area contributed by atoms with Gasteiger partial charge in [-0.25, -0.2) is 4.98 Å². The van der Waals surface area contributed by atoms with Crippen LogP contribution in [0.3, 0.4) is 0 Å². The number of hydrogen-bond donors (Lipinski definition) is 1. The molecule has 5 heteroatoms. The molecule has 1 aliphatic heterocycles. The van der Waals surface area contributed by atoms with E-state index in [9.17, 15) is 4.79 Å². The van der Waals surface area contributed by atoms with Gasteiger partial charge in [-0.05, 0) is 34.3 Å². The molecule has 0 aliphatic carbocycles. The third-order valence-corrected chi connectivity index (χ3v) is 4.45. The van der Waals surface area contributed by atoms with Crippen LogP contribution in [0.2, 0.25) is 0 Å². The first kappa shape index (κ1) is 13.5. The lowest BCUT2D eigenvalue weighted by Crippen LogP contribution is -2.38. The molecule has 0 radical (unpaired) electrons. The Hall–Kier alpha value is -1.46. The van der Waals surface area contributed by atoms with E-state index >= 15 is 0 Å². The van der Waals surface area contributed by atoms with Gasteiger partial charge in [-0.3, -0.25) is 4.79 Å². The van der Waals surface area contributed by atoms with Gasteiger partial charge < -0.3 is 9.72 Å². The molecular weight excluding hydrogens is 320 g/mol. The number of H-pyrrole nitrogens is 1. The van der Waals surface area contributed by atoms with E-state index < -0.39 is 0 Å². The summed E-state index contributed by atoms with van der Waals surface area (Å²) in [5.41, 5.74) is 0.768. The third kappa shape index (κ3) is 2.31. The minimum Gasteiger partial charge on any atom is -0.381 e. The van der Waals surface area contributed by atoms with Gasteiger partial charge in [-0.1, -0.05) is 30.3 Å². The second kappa shape index (κ2) is 5.50. The summed E-state index contributed by atoms with van der Waals surface area (Å²) in [5, 5.41) is 0. The van der Waals surface area contributed by atoms with E-state index in [0.717, 1.165) is 18.7 Å². The Labute approximate surface area is 125 Å². The van der Waals surface area contributed by atoms with Crippen LogP contribution in [0, 0.1) is 0 Å². The van der Waals surface area contributed by atoms with E-state index in [1.807, 2.05) is 18.2 Å². The molecule has 3 rings (SSSR count). The first-order chi connectivity index (χ1) is 9.72. The topological polar surface area (TPSA) is 55.0 Å². The van der Waals surface area contributed by atoms with Crippen LogP contribution in [0.4, 0.5) is 0 Å². The summed E-state index contributed by atoms with van der Waals surface area (Å²) in [7, 11) is 0. The molecule has 1 N–H and O–H groups in total. The van der Waals surface area contributed by atoms with E-state index in [1.165, 1.54) is 5.56 Å². The number of nitrogens with zero attached hydrogens (tertiary/aromatic N) is 1. The number of rotatable bonds is 2. The number of ether oxygens (including phenoxy) is 1. The highest BCUT2D eigenvalue weighted by molar-refractivity contribution is 9.10. The van der Waals surface area contributed by atoms with Gasteiger partial charge in [0.2, 0.25) is 0 Å². The second-order valence-corrected chi connectivity index (χ2v) is 5.82. The number of aromatic amines is 1. The first-order valence-corrected chi connectivity index (χ1v) is 7.40. The zero-order valence-electron chi connectivity index (χ0n) is 10.9. The molecule has 1 aromatic heterocycles. The number of hydrogen-bond acceptors (Lipinski definition) is 3. The molecule has 104 valence electrons. The Morgan fingerprint density at radius 3 is 2.55 bits per heavy atom. The van der Waals surface area contributed by atoms with Crippen molar-refractivity contribution in [2.24, 2.45) is 0 Å². The fraction of sp³-hybridized carbons (Fsp3) is 0.333. The molecule has 20 heavy (non-hydrogen) atoms. The van der Waals surface area contributed by atoms with Crippen LogP contribution >= 0.6 is 15.9 Å². The van der Waals surface area contributed by atoms with Gasteiger partial charge in [0.25, 0.3) is 5.56 Å². The summed E-state index contributed by atoms with van der Waals surface area (Å²) < 4.78 is 5.95. The SMILES string of the molecule is O=c1[nH]c(C2(c3ccccc3)CCOCC2)ncc1Br. The Kier molecular flexibility index (Phi) is 3.72. The molecule has 1 fully saturated rings. The predicted octanol–water partition coefficient (Wildman–Crippen LogP) is 2.63. The van der Waals surface area contributed by atoms with E-state index in [-0.39, 0.29) is 11.0 Å². The summed E-state index contributed by atoms with van der Waals surface area (Å²) in [4.78, 5) is 19.3. The lowest BCUT2D eigenvalue weighted by Gasteiger charge is -2.36. The average molecular weight is 335 g/mol. The van der Waals surface area contributed by atoms with Crippen molar-refractivity contribution in [2.45, 2.75) is 18.3 Å². The Morgan fingerprint density at radius 2 is 1.90 bits per heavy atom. The Balaban J connectivity index is 2.15.